The van der Waals surface area contributed by atoms with Crippen LogP contribution in [0.25, 0.3) is 0 Å². The topological polar surface area (TPSA) is 95.9 Å². The Morgan fingerprint density at radius 3 is 2.45 bits per heavy atom. The van der Waals surface area contributed by atoms with Gasteiger partial charge in [0.25, 0.3) is 10.0 Å². The first-order valence-electron chi connectivity index (χ1n) is 8.73. The molecule has 2 aromatic carbocycles. The van der Waals surface area contributed by atoms with E-state index in [1.807, 2.05) is 0 Å². The van der Waals surface area contributed by atoms with E-state index in [4.69, 9.17) is 0 Å². The van der Waals surface area contributed by atoms with Crippen molar-refractivity contribution in [1.29, 1.82) is 0 Å². The normalized spacial score (nSPS) is 18.3. The Kier molecular flexibility index (Phi) is 6.33. The summed E-state index contributed by atoms with van der Waals surface area (Å²) in [6.45, 7) is 1.93. The van der Waals surface area contributed by atoms with E-state index in [1.54, 1.807) is 25.1 Å². The number of amides is 2. The van der Waals surface area contributed by atoms with E-state index in [1.165, 1.54) is 41.3 Å². The predicted octanol–water partition coefficient (Wildman–Crippen LogP) is 2.86. The Morgan fingerprint density at radius 2 is 1.83 bits per heavy atom. The first-order chi connectivity index (χ1) is 13.8. The smallest absolute Gasteiger partial charge is 0.284 e. The molecule has 152 valence electrons. The van der Waals surface area contributed by atoms with Crippen molar-refractivity contribution >= 4 is 44.5 Å². The van der Waals surface area contributed by atoms with Crippen molar-refractivity contribution in [2.75, 3.05) is 11.9 Å². The van der Waals surface area contributed by atoms with Gasteiger partial charge in [0, 0.05) is 18.7 Å². The highest BCUT2D eigenvalue weighted by molar-refractivity contribution is 8.16. The number of nitrogens with zero attached hydrogens (tertiary/aromatic N) is 2. The van der Waals surface area contributed by atoms with Gasteiger partial charge in [0.1, 0.15) is 11.1 Å². The summed E-state index contributed by atoms with van der Waals surface area (Å²) in [4.78, 5) is 26.1. The molecule has 10 heteroatoms. The summed E-state index contributed by atoms with van der Waals surface area (Å²) >= 11 is 0.941. The van der Waals surface area contributed by atoms with Gasteiger partial charge in [-0.15, -0.1) is 4.40 Å². The number of halogens is 1. The van der Waals surface area contributed by atoms with Gasteiger partial charge in [0.05, 0.1) is 4.90 Å². The standard InChI is InChI=1S/C19H18FN3O4S2/c1-2-23-18(25)16(12-17(24)21-14-10-8-13(20)9-11-14)28-19(23)22-29(26,27)15-6-4-3-5-7-15/h3-11,16H,2,12H2,1H3,(H,21,24). The van der Waals surface area contributed by atoms with Crippen molar-refractivity contribution in [2.24, 2.45) is 4.40 Å². The van der Waals surface area contributed by atoms with Crippen LogP contribution in [0, 0.1) is 5.82 Å². The van der Waals surface area contributed by atoms with Gasteiger partial charge < -0.3 is 5.32 Å². The second-order valence-corrected chi connectivity index (χ2v) is 8.88. The van der Waals surface area contributed by atoms with Gasteiger partial charge in [-0.2, -0.15) is 8.42 Å². The molecule has 29 heavy (non-hydrogen) atoms. The van der Waals surface area contributed by atoms with Crippen molar-refractivity contribution in [3.63, 3.8) is 0 Å². The van der Waals surface area contributed by atoms with E-state index in [0.717, 1.165) is 11.8 Å². The number of amidine groups is 1. The minimum atomic E-state index is -3.98. The monoisotopic (exact) mass is 435 g/mol. The number of thioether (sulfide) groups is 1. The van der Waals surface area contributed by atoms with E-state index in [-0.39, 0.29) is 28.9 Å². The van der Waals surface area contributed by atoms with E-state index in [9.17, 15) is 22.4 Å². The molecule has 7 nitrogen and oxygen atoms in total. The molecule has 3 rings (SSSR count). The quantitative estimate of drug-likeness (QED) is 0.753. The lowest BCUT2D eigenvalue weighted by Crippen LogP contribution is -2.33. The summed E-state index contributed by atoms with van der Waals surface area (Å²) in [5.41, 5.74) is 0.403. The highest BCUT2D eigenvalue weighted by Gasteiger charge is 2.39. The lowest BCUT2D eigenvalue weighted by molar-refractivity contribution is -0.128. The summed E-state index contributed by atoms with van der Waals surface area (Å²) in [5, 5.41) is 1.84. The number of carbonyl (C=O) groups is 2. The second kappa shape index (κ2) is 8.75. The molecule has 1 unspecified atom stereocenters. The SMILES string of the molecule is CCN1C(=O)C(CC(=O)Nc2ccc(F)cc2)SC1=NS(=O)(=O)c1ccccc1. The maximum atomic E-state index is 13.0. The third-order valence-corrected chi connectivity index (χ3v) is 6.65. The molecular weight excluding hydrogens is 417 g/mol. The summed E-state index contributed by atoms with van der Waals surface area (Å²) in [5.74, 6) is -1.25. The van der Waals surface area contributed by atoms with Crippen LogP contribution >= 0.6 is 11.8 Å². The van der Waals surface area contributed by atoms with Gasteiger partial charge in [-0.25, -0.2) is 4.39 Å². The van der Waals surface area contributed by atoms with Crippen LogP contribution in [0.4, 0.5) is 10.1 Å². The molecule has 2 amide bonds. The van der Waals surface area contributed by atoms with Gasteiger partial charge in [-0.3, -0.25) is 14.5 Å². The van der Waals surface area contributed by atoms with Crippen LogP contribution in [0.3, 0.4) is 0 Å². The van der Waals surface area contributed by atoms with Gasteiger partial charge in [-0.05, 0) is 43.3 Å². The van der Waals surface area contributed by atoms with Crippen LogP contribution in [-0.4, -0.2) is 42.1 Å². The van der Waals surface area contributed by atoms with E-state index < -0.39 is 27.0 Å². The molecule has 0 spiro atoms. The van der Waals surface area contributed by atoms with Crippen molar-refractivity contribution in [3.8, 4) is 0 Å². The Hall–Kier alpha value is -2.72. The molecule has 0 radical (unpaired) electrons. The van der Waals surface area contributed by atoms with Crippen molar-refractivity contribution in [1.82, 2.24) is 4.90 Å². The van der Waals surface area contributed by atoms with Crippen LogP contribution in [-0.2, 0) is 19.6 Å². The number of rotatable bonds is 6. The molecule has 0 aliphatic carbocycles. The molecule has 1 fully saturated rings. The number of sulfonamides is 1. The molecule has 2 aromatic rings. The minimum absolute atomic E-state index is 0.0223. The fourth-order valence-electron chi connectivity index (χ4n) is 2.66. The van der Waals surface area contributed by atoms with Crippen LogP contribution < -0.4 is 5.32 Å². The summed E-state index contributed by atoms with van der Waals surface area (Å²) < 4.78 is 41.8. The summed E-state index contributed by atoms with van der Waals surface area (Å²) in [6, 6.07) is 12.9. The average molecular weight is 436 g/mol. The second-order valence-electron chi connectivity index (χ2n) is 6.11. The Bertz CT molecular complexity index is 1040. The van der Waals surface area contributed by atoms with Gasteiger partial charge >= 0.3 is 0 Å². The number of benzene rings is 2. The fourth-order valence-corrected chi connectivity index (χ4v) is 5.10. The number of nitrogens with one attached hydrogen (secondary N) is 1. The van der Waals surface area contributed by atoms with Crippen LogP contribution in [0.2, 0.25) is 0 Å². The molecule has 1 aliphatic heterocycles. The Labute approximate surface area is 172 Å². The van der Waals surface area contributed by atoms with E-state index in [2.05, 4.69) is 9.71 Å². The van der Waals surface area contributed by atoms with Crippen LogP contribution in [0.1, 0.15) is 13.3 Å². The number of hydrogen-bond acceptors (Lipinski definition) is 5. The number of carbonyl (C=O) groups excluding carboxylic acids is 2. The van der Waals surface area contributed by atoms with E-state index in [0.29, 0.717) is 5.69 Å². The Morgan fingerprint density at radius 1 is 1.17 bits per heavy atom. The summed E-state index contributed by atoms with van der Waals surface area (Å²) in [6.07, 6.45) is -0.165. The summed E-state index contributed by atoms with van der Waals surface area (Å²) in [7, 11) is -3.98. The van der Waals surface area contributed by atoms with E-state index >= 15 is 0 Å². The first-order valence-corrected chi connectivity index (χ1v) is 11.1. The van der Waals surface area contributed by atoms with Crippen LogP contribution in [0.15, 0.2) is 63.9 Å². The molecule has 1 aliphatic rings. The zero-order chi connectivity index (χ0) is 21.0. The fraction of sp³-hybridized carbons (Fsp3) is 0.211. The molecule has 1 atom stereocenters. The molecule has 1 N–H and O–H groups in total. The van der Waals surface area contributed by atoms with Crippen LogP contribution in [0.5, 0.6) is 0 Å². The Balaban J connectivity index is 1.74. The van der Waals surface area contributed by atoms with Crippen molar-refractivity contribution in [3.05, 3.63) is 60.4 Å². The first kappa shape index (κ1) is 21.0. The lowest BCUT2D eigenvalue weighted by atomic mass is 10.2. The maximum absolute atomic E-state index is 13.0. The molecule has 1 saturated heterocycles. The molecule has 0 aromatic heterocycles. The largest absolute Gasteiger partial charge is 0.326 e. The predicted molar refractivity (Wildman–Crippen MR) is 109 cm³/mol. The minimum Gasteiger partial charge on any atom is -0.326 e. The molecule has 0 bridgehead atoms. The lowest BCUT2D eigenvalue weighted by Gasteiger charge is -2.13. The highest BCUT2D eigenvalue weighted by atomic mass is 32.2. The van der Waals surface area contributed by atoms with Crippen molar-refractivity contribution in [2.45, 2.75) is 23.5 Å². The molecule has 0 saturated carbocycles. The number of hydrogen-bond donors (Lipinski definition) is 1. The van der Waals surface area contributed by atoms with Gasteiger partial charge in [-0.1, -0.05) is 30.0 Å². The van der Waals surface area contributed by atoms with Gasteiger partial charge in [0.15, 0.2) is 5.17 Å². The molecule has 1 heterocycles. The maximum Gasteiger partial charge on any atom is 0.284 e. The zero-order valence-corrected chi connectivity index (χ0v) is 17.0. The third-order valence-electron chi connectivity index (χ3n) is 4.07. The zero-order valence-electron chi connectivity index (χ0n) is 15.4. The average Bonchev–Trinajstić information content (AvgIpc) is 2.97. The highest BCUT2D eigenvalue weighted by Crippen LogP contribution is 2.31. The van der Waals surface area contributed by atoms with Gasteiger partial charge in [0.2, 0.25) is 11.8 Å². The molecular formula is C19H18FN3O4S2. The third kappa shape index (κ3) is 5.01. The van der Waals surface area contributed by atoms with Crippen molar-refractivity contribution < 1.29 is 22.4 Å². The number of anilines is 1.